The van der Waals surface area contributed by atoms with Crippen LogP contribution in [0.2, 0.25) is 0 Å². The van der Waals surface area contributed by atoms with E-state index in [0.29, 0.717) is 12.5 Å². The Labute approximate surface area is 132 Å². The molecule has 1 aromatic rings. The second-order valence-electron chi connectivity index (χ2n) is 6.11. The predicted octanol–water partition coefficient (Wildman–Crippen LogP) is 2.90. The van der Waals surface area contributed by atoms with E-state index in [1.54, 1.807) is 11.3 Å². The third kappa shape index (κ3) is 6.06. The van der Waals surface area contributed by atoms with Gasteiger partial charge in [0.15, 0.2) is 0 Å². The van der Waals surface area contributed by atoms with Gasteiger partial charge in [-0.05, 0) is 49.6 Å². The van der Waals surface area contributed by atoms with Crippen LogP contribution in [0.25, 0.3) is 0 Å². The van der Waals surface area contributed by atoms with E-state index in [1.807, 2.05) is 31.4 Å². The van der Waals surface area contributed by atoms with Crippen LogP contribution < -0.4 is 10.0 Å². The van der Waals surface area contributed by atoms with Crippen LogP contribution in [0.15, 0.2) is 17.5 Å². The van der Waals surface area contributed by atoms with Crippen molar-refractivity contribution in [2.45, 2.75) is 51.6 Å². The number of unbranched alkanes of at least 4 members (excludes halogenated alkanes) is 1. The highest BCUT2D eigenvalue weighted by atomic mass is 32.2. The van der Waals surface area contributed by atoms with Crippen molar-refractivity contribution in [1.29, 1.82) is 0 Å². The number of thiophene rings is 1. The van der Waals surface area contributed by atoms with Gasteiger partial charge in [0.25, 0.3) is 0 Å². The van der Waals surface area contributed by atoms with E-state index in [1.165, 1.54) is 12.8 Å². The fraction of sp³-hybridized carbons (Fsp3) is 0.733. The van der Waals surface area contributed by atoms with Gasteiger partial charge in [0.2, 0.25) is 10.0 Å². The summed E-state index contributed by atoms with van der Waals surface area (Å²) in [4.78, 5) is 1.09. The molecule has 0 spiro atoms. The minimum atomic E-state index is -3.21. The number of rotatable bonds is 10. The molecule has 1 unspecified atom stereocenters. The van der Waals surface area contributed by atoms with Gasteiger partial charge < -0.3 is 5.32 Å². The van der Waals surface area contributed by atoms with Crippen LogP contribution in [-0.2, 0) is 10.0 Å². The van der Waals surface area contributed by atoms with Crippen molar-refractivity contribution in [2.24, 2.45) is 5.92 Å². The zero-order valence-electron chi connectivity index (χ0n) is 12.8. The van der Waals surface area contributed by atoms with Crippen molar-refractivity contribution in [3.05, 3.63) is 22.4 Å². The molecular weight excluding hydrogens is 304 g/mol. The zero-order valence-corrected chi connectivity index (χ0v) is 14.5. The van der Waals surface area contributed by atoms with Gasteiger partial charge in [-0.15, -0.1) is 11.3 Å². The fourth-order valence-electron chi connectivity index (χ4n) is 2.25. The Kier molecular flexibility index (Phi) is 6.22. The molecule has 2 rings (SSSR count). The summed E-state index contributed by atoms with van der Waals surface area (Å²) in [6.07, 6.45) is 4.18. The first-order valence-corrected chi connectivity index (χ1v) is 10.3. The Morgan fingerprint density at radius 3 is 2.67 bits per heavy atom. The third-order valence-electron chi connectivity index (χ3n) is 3.67. The maximum atomic E-state index is 12.2. The zero-order chi connectivity index (χ0) is 15.3. The number of hydrogen-bond acceptors (Lipinski definition) is 4. The second-order valence-corrected chi connectivity index (χ2v) is 8.96. The molecule has 0 aliphatic heterocycles. The van der Waals surface area contributed by atoms with Crippen LogP contribution in [0.5, 0.6) is 0 Å². The average molecular weight is 331 g/mol. The Bertz CT molecular complexity index is 508. The van der Waals surface area contributed by atoms with E-state index < -0.39 is 10.0 Å². The maximum absolute atomic E-state index is 12.2. The molecule has 1 aliphatic rings. The average Bonchev–Trinajstić information content (AvgIpc) is 3.08. The Morgan fingerprint density at radius 1 is 1.33 bits per heavy atom. The molecule has 0 saturated heterocycles. The molecule has 6 heteroatoms. The van der Waals surface area contributed by atoms with Crippen molar-refractivity contribution >= 4 is 21.4 Å². The van der Waals surface area contributed by atoms with Crippen molar-refractivity contribution in [1.82, 2.24) is 10.0 Å². The third-order valence-corrected chi connectivity index (χ3v) is 6.07. The Balaban J connectivity index is 1.77. The number of hydrogen-bond donors (Lipinski definition) is 2. The summed E-state index contributed by atoms with van der Waals surface area (Å²) in [5.74, 6) is 0.462. The molecule has 21 heavy (non-hydrogen) atoms. The predicted molar refractivity (Wildman–Crippen MR) is 89.1 cm³/mol. The molecule has 1 atom stereocenters. The highest BCUT2D eigenvalue weighted by Gasteiger charge is 2.23. The molecule has 4 nitrogen and oxygen atoms in total. The van der Waals surface area contributed by atoms with Crippen molar-refractivity contribution < 1.29 is 8.42 Å². The molecule has 1 heterocycles. The normalized spacial score (nSPS) is 17.3. The number of nitrogens with one attached hydrogen (secondary N) is 2. The van der Waals surface area contributed by atoms with Gasteiger partial charge in [0.05, 0.1) is 11.8 Å². The first kappa shape index (κ1) is 16.9. The minimum absolute atomic E-state index is 0.111. The smallest absolute Gasteiger partial charge is 0.212 e. The highest BCUT2D eigenvalue weighted by molar-refractivity contribution is 7.89. The Morgan fingerprint density at radius 2 is 2.10 bits per heavy atom. The first-order chi connectivity index (χ1) is 9.98. The molecule has 0 aromatic carbocycles. The summed E-state index contributed by atoms with van der Waals surface area (Å²) in [6, 6.07) is 4.55. The van der Waals surface area contributed by atoms with Crippen LogP contribution in [0.3, 0.4) is 0 Å². The van der Waals surface area contributed by atoms with Gasteiger partial charge in [-0.25, -0.2) is 13.1 Å². The molecule has 2 N–H and O–H groups in total. The lowest BCUT2D eigenvalue weighted by Gasteiger charge is -2.21. The lowest BCUT2D eigenvalue weighted by atomic mass is 10.0. The van der Waals surface area contributed by atoms with Crippen molar-refractivity contribution in [3.8, 4) is 0 Å². The van der Waals surface area contributed by atoms with Gasteiger partial charge in [-0.2, -0.15) is 0 Å². The summed E-state index contributed by atoms with van der Waals surface area (Å²) in [5, 5.41) is 5.40. The second kappa shape index (κ2) is 7.72. The molecule has 0 bridgehead atoms. The fourth-order valence-corrected chi connectivity index (χ4v) is 4.77. The molecule has 1 aromatic heterocycles. The van der Waals surface area contributed by atoms with Gasteiger partial charge in [-0.1, -0.05) is 19.9 Å². The van der Waals surface area contributed by atoms with E-state index in [2.05, 4.69) is 10.0 Å². The van der Waals surface area contributed by atoms with E-state index in [-0.39, 0.29) is 17.7 Å². The first-order valence-electron chi connectivity index (χ1n) is 7.75. The molecule has 120 valence electrons. The maximum Gasteiger partial charge on any atom is 0.212 e. The lowest BCUT2D eigenvalue weighted by molar-refractivity contribution is 0.468. The highest BCUT2D eigenvalue weighted by Crippen LogP contribution is 2.26. The van der Waals surface area contributed by atoms with Crippen molar-refractivity contribution in [3.63, 3.8) is 0 Å². The van der Waals surface area contributed by atoms with Crippen LogP contribution >= 0.6 is 11.3 Å². The summed E-state index contributed by atoms with van der Waals surface area (Å²) >= 11 is 1.61. The van der Waals surface area contributed by atoms with Crippen LogP contribution in [0.4, 0.5) is 0 Å². The van der Waals surface area contributed by atoms with E-state index >= 15 is 0 Å². The minimum Gasteiger partial charge on any atom is -0.314 e. The largest absolute Gasteiger partial charge is 0.314 e. The molecule has 0 radical (unpaired) electrons. The van der Waals surface area contributed by atoms with Crippen LogP contribution in [-0.4, -0.2) is 26.8 Å². The monoisotopic (exact) mass is 330 g/mol. The lowest BCUT2D eigenvalue weighted by Crippen LogP contribution is -2.33. The molecule has 1 saturated carbocycles. The standard InChI is InChI=1S/C15H26N2O2S2/c1-12(2)15(14-6-5-10-20-14)17-21(18,19)11-4-3-9-16-13-7-8-13/h5-6,10,12-13,15-17H,3-4,7-9,11H2,1-2H3. The summed E-state index contributed by atoms with van der Waals surface area (Å²) in [6.45, 7) is 5.03. The molecule has 1 fully saturated rings. The molecule has 0 amide bonds. The van der Waals surface area contributed by atoms with E-state index in [9.17, 15) is 8.42 Å². The Hall–Kier alpha value is -0.430. The van der Waals surface area contributed by atoms with Crippen LogP contribution in [0.1, 0.15) is 50.4 Å². The molecule has 1 aliphatic carbocycles. The SMILES string of the molecule is CC(C)C(NS(=O)(=O)CCCCNC1CC1)c1cccs1. The van der Waals surface area contributed by atoms with Crippen LogP contribution in [0, 0.1) is 5.92 Å². The summed E-state index contributed by atoms with van der Waals surface area (Å²) < 4.78 is 27.3. The number of sulfonamides is 1. The topological polar surface area (TPSA) is 58.2 Å². The molecular formula is C15H26N2O2S2. The van der Waals surface area contributed by atoms with Gasteiger partial charge in [-0.3, -0.25) is 0 Å². The quantitative estimate of drug-likeness (QED) is 0.649. The van der Waals surface area contributed by atoms with Crippen molar-refractivity contribution in [2.75, 3.05) is 12.3 Å². The van der Waals surface area contributed by atoms with Gasteiger partial charge >= 0.3 is 0 Å². The summed E-state index contributed by atoms with van der Waals surface area (Å²) in [5.41, 5.74) is 0. The van der Waals surface area contributed by atoms with E-state index in [0.717, 1.165) is 17.8 Å². The van der Waals surface area contributed by atoms with E-state index in [4.69, 9.17) is 0 Å². The summed E-state index contributed by atoms with van der Waals surface area (Å²) in [7, 11) is -3.21. The van der Waals surface area contributed by atoms with Gasteiger partial charge in [0, 0.05) is 10.9 Å². The van der Waals surface area contributed by atoms with Gasteiger partial charge in [0.1, 0.15) is 0 Å².